The van der Waals surface area contributed by atoms with Crippen molar-refractivity contribution in [3.8, 4) is 0 Å². The third-order valence-electron chi connectivity index (χ3n) is 3.05. The molecule has 0 atom stereocenters. The fourth-order valence-electron chi connectivity index (χ4n) is 2.21. The molecule has 1 heterocycles. The Balaban J connectivity index is 2.29. The van der Waals surface area contributed by atoms with Crippen LogP contribution in [0.25, 0.3) is 0 Å². The van der Waals surface area contributed by atoms with E-state index in [2.05, 4.69) is 5.43 Å². The lowest BCUT2D eigenvalue weighted by Crippen LogP contribution is -2.54. The van der Waals surface area contributed by atoms with E-state index in [0.717, 1.165) is 5.70 Å². The third-order valence-corrected chi connectivity index (χ3v) is 5.32. The zero-order valence-electron chi connectivity index (χ0n) is 12.1. The molecular formula is C13H15Cl2N3O3S. The zero-order chi connectivity index (χ0) is 16.7. The van der Waals surface area contributed by atoms with Crippen molar-refractivity contribution in [1.29, 1.82) is 0 Å². The fraction of sp³-hybridized carbons (Fsp3) is 0.308. The highest BCUT2D eigenvalue weighted by atomic mass is 35.5. The quantitative estimate of drug-likeness (QED) is 0.846. The molecule has 0 bridgehead atoms. The number of halogens is 2. The molecule has 0 fully saturated rings. The normalized spacial score (nSPS) is 17.0. The first-order chi connectivity index (χ1) is 10.0. The average Bonchev–Trinajstić information content (AvgIpc) is 2.61. The van der Waals surface area contributed by atoms with Gasteiger partial charge in [0.15, 0.2) is 0 Å². The molecule has 1 aliphatic rings. The van der Waals surface area contributed by atoms with E-state index in [1.54, 1.807) is 20.8 Å². The van der Waals surface area contributed by atoms with Crippen LogP contribution in [-0.4, -0.2) is 25.0 Å². The van der Waals surface area contributed by atoms with Gasteiger partial charge in [0.2, 0.25) is 0 Å². The summed E-state index contributed by atoms with van der Waals surface area (Å²) in [5, 5.41) is 1.07. The lowest BCUT2D eigenvalue weighted by Gasteiger charge is -2.30. The Morgan fingerprint density at radius 2 is 1.82 bits per heavy atom. The smallest absolute Gasteiger partial charge is 0.298 e. The highest BCUT2D eigenvalue weighted by molar-refractivity contribution is 7.90. The molecule has 0 saturated heterocycles. The first kappa shape index (κ1) is 16.9. The van der Waals surface area contributed by atoms with Gasteiger partial charge in [-0.15, -0.1) is 0 Å². The molecule has 6 nitrogen and oxygen atoms in total. The van der Waals surface area contributed by atoms with Gasteiger partial charge in [-0.3, -0.25) is 5.43 Å². The number of carbonyl (C=O) groups is 1. The van der Waals surface area contributed by atoms with Gasteiger partial charge in [-0.05, 0) is 39.0 Å². The van der Waals surface area contributed by atoms with Gasteiger partial charge in [-0.2, -0.15) is 0 Å². The van der Waals surface area contributed by atoms with Gasteiger partial charge in [0.1, 0.15) is 4.90 Å². The number of carbonyl (C=O) groups excluding carboxylic acids is 1. The van der Waals surface area contributed by atoms with Crippen molar-refractivity contribution >= 4 is 39.3 Å². The second kappa shape index (κ2) is 5.64. The van der Waals surface area contributed by atoms with Gasteiger partial charge >= 0.3 is 6.03 Å². The van der Waals surface area contributed by atoms with E-state index in [9.17, 15) is 13.2 Å². The van der Waals surface area contributed by atoms with Gasteiger partial charge in [-0.1, -0.05) is 29.3 Å². The molecule has 2 rings (SSSR count). The van der Waals surface area contributed by atoms with Crippen molar-refractivity contribution in [1.82, 2.24) is 15.2 Å². The minimum atomic E-state index is -4.19. The number of urea groups is 1. The summed E-state index contributed by atoms with van der Waals surface area (Å²) in [6.07, 6.45) is 1.81. The number of rotatable bonds is 2. The molecule has 9 heteroatoms. The number of benzene rings is 1. The lowest BCUT2D eigenvalue weighted by molar-refractivity contribution is 0.150. The fourth-order valence-corrected chi connectivity index (χ4v) is 4.29. The summed E-state index contributed by atoms with van der Waals surface area (Å²) >= 11 is 11.8. The van der Waals surface area contributed by atoms with Gasteiger partial charge in [0.05, 0.1) is 15.6 Å². The Kier molecular flexibility index (Phi) is 4.34. The van der Waals surface area contributed by atoms with Crippen LogP contribution in [0, 0.1) is 0 Å². The average molecular weight is 364 g/mol. The Bertz CT molecular complexity index is 740. The number of hydrogen-bond donors (Lipinski definition) is 2. The van der Waals surface area contributed by atoms with Gasteiger partial charge in [0, 0.05) is 5.70 Å². The summed E-state index contributed by atoms with van der Waals surface area (Å²) in [5.74, 6) is 0. The van der Waals surface area contributed by atoms with Crippen molar-refractivity contribution in [2.45, 2.75) is 31.2 Å². The molecular weight excluding hydrogens is 349 g/mol. The second-order valence-corrected chi connectivity index (χ2v) is 7.82. The second-order valence-electron chi connectivity index (χ2n) is 5.39. The maximum atomic E-state index is 12.4. The van der Waals surface area contributed by atoms with Crippen molar-refractivity contribution in [2.75, 3.05) is 0 Å². The van der Waals surface area contributed by atoms with E-state index in [1.165, 1.54) is 23.2 Å². The molecule has 0 saturated carbocycles. The highest BCUT2D eigenvalue weighted by Gasteiger charge is 2.36. The number of hydrogen-bond acceptors (Lipinski definition) is 4. The van der Waals surface area contributed by atoms with Crippen molar-refractivity contribution in [3.63, 3.8) is 0 Å². The van der Waals surface area contributed by atoms with E-state index >= 15 is 0 Å². The van der Waals surface area contributed by atoms with Crippen molar-refractivity contribution in [2.24, 2.45) is 0 Å². The van der Waals surface area contributed by atoms with Crippen LogP contribution in [0.1, 0.15) is 20.8 Å². The summed E-state index contributed by atoms with van der Waals surface area (Å²) in [5.41, 5.74) is 2.87. The standard InChI is InChI=1S/C13H15Cl2N3O3S/c1-8-7-13(2,3)18(16-8)12(19)17-22(20,21)11-9(14)5-4-6-10(11)15/h4-7,16H,1-3H3,(H,17,19). The third kappa shape index (κ3) is 3.16. The molecule has 0 radical (unpaired) electrons. The number of nitrogens with one attached hydrogen (secondary N) is 2. The van der Waals surface area contributed by atoms with Crippen molar-refractivity contribution < 1.29 is 13.2 Å². The molecule has 0 spiro atoms. The molecule has 2 amide bonds. The van der Waals surface area contributed by atoms with Crippen molar-refractivity contribution in [3.05, 3.63) is 40.0 Å². The minimum Gasteiger partial charge on any atom is -0.298 e. The van der Waals surface area contributed by atoms with Crippen LogP contribution in [0.15, 0.2) is 34.9 Å². The largest absolute Gasteiger partial charge is 0.350 e. The van der Waals surface area contributed by atoms with Gasteiger partial charge in [-0.25, -0.2) is 22.9 Å². The minimum absolute atomic E-state index is 0.0595. The number of sulfonamides is 1. The summed E-state index contributed by atoms with van der Waals surface area (Å²) < 4.78 is 26.7. The van der Waals surface area contributed by atoms with Crippen LogP contribution in [0.3, 0.4) is 0 Å². The molecule has 22 heavy (non-hydrogen) atoms. The summed E-state index contributed by atoms with van der Waals surface area (Å²) in [6.45, 7) is 5.31. The predicted octanol–water partition coefficient (Wildman–Crippen LogP) is 2.89. The van der Waals surface area contributed by atoms with Crippen LogP contribution >= 0.6 is 23.2 Å². The lowest BCUT2D eigenvalue weighted by atomic mass is 10.1. The maximum absolute atomic E-state index is 12.4. The Morgan fingerprint density at radius 3 is 2.27 bits per heavy atom. The van der Waals surface area contributed by atoms with Crippen LogP contribution < -0.4 is 10.1 Å². The molecule has 1 aromatic carbocycles. The molecule has 120 valence electrons. The first-order valence-electron chi connectivity index (χ1n) is 6.32. The highest BCUT2D eigenvalue weighted by Crippen LogP contribution is 2.29. The van der Waals surface area contributed by atoms with E-state index in [1.807, 2.05) is 10.8 Å². The summed E-state index contributed by atoms with van der Waals surface area (Å²) in [7, 11) is -4.19. The van der Waals surface area contributed by atoms with E-state index in [0.29, 0.717) is 0 Å². The van der Waals surface area contributed by atoms with E-state index in [-0.39, 0.29) is 14.9 Å². The number of hydrazine groups is 1. The maximum Gasteiger partial charge on any atom is 0.350 e. The Labute approximate surface area is 139 Å². The number of nitrogens with zero attached hydrogens (tertiary/aromatic N) is 1. The zero-order valence-corrected chi connectivity index (χ0v) is 14.5. The Morgan fingerprint density at radius 1 is 1.27 bits per heavy atom. The molecule has 0 aliphatic carbocycles. The molecule has 2 N–H and O–H groups in total. The topological polar surface area (TPSA) is 78.5 Å². The van der Waals surface area contributed by atoms with Crippen LogP contribution in [-0.2, 0) is 10.0 Å². The molecule has 0 unspecified atom stereocenters. The van der Waals surface area contributed by atoms with Crippen LogP contribution in [0.2, 0.25) is 10.0 Å². The Hall–Kier alpha value is -1.44. The number of amides is 2. The van der Waals surface area contributed by atoms with Crippen LogP contribution in [0.5, 0.6) is 0 Å². The monoisotopic (exact) mass is 363 g/mol. The molecule has 1 aliphatic heterocycles. The van der Waals surface area contributed by atoms with Gasteiger partial charge < -0.3 is 0 Å². The SMILES string of the molecule is CC1=CC(C)(C)N(C(=O)NS(=O)(=O)c2c(Cl)cccc2Cl)N1. The first-order valence-corrected chi connectivity index (χ1v) is 8.55. The summed E-state index contributed by atoms with van der Waals surface area (Å²) in [4.78, 5) is 11.9. The number of allylic oxidation sites excluding steroid dienone is 1. The van der Waals surface area contributed by atoms with E-state index < -0.39 is 21.6 Å². The predicted molar refractivity (Wildman–Crippen MR) is 85.0 cm³/mol. The summed E-state index contributed by atoms with van der Waals surface area (Å²) in [6, 6.07) is 3.46. The van der Waals surface area contributed by atoms with Gasteiger partial charge in [0.25, 0.3) is 10.0 Å². The molecule has 0 aromatic heterocycles. The molecule has 1 aromatic rings. The van der Waals surface area contributed by atoms with Crippen LogP contribution in [0.4, 0.5) is 4.79 Å². The van der Waals surface area contributed by atoms with E-state index in [4.69, 9.17) is 23.2 Å².